The number of nitrogens with one attached hydrogen (secondary N) is 1. The van der Waals surface area contributed by atoms with Crippen molar-refractivity contribution in [2.75, 3.05) is 39.8 Å². The predicted molar refractivity (Wildman–Crippen MR) is 123 cm³/mol. The summed E-state index contributed by atoms with van der Waals surface area (Å²) in [6.07, 6.45) is 7.17. The van der Waals surface area contributed by atoms with E-state index in [1.165, 1.54) is 0 Å². The molecule has 2 aromatic rings. The number of aromatic nitrogens is 1. The number of rotatable bonds is 5. The second-order valence-corrected chi connectivity index (χ2v) is 8.55. The number of urea groups is 1. The molecule has 0 spiro atoms. The fourth-order valence-electron chi connectivity index (χ4n) is 4.96. The van der Waals surface area contributed by atoms with Crippen LogP contribution in [0.4, 0.5) is 4.79 Å². The van der Waals surface area contributed by atoms with E-state index in [1.807, 2.05) is 29.3 Å². The van der Waals surface area contributed by atoms with Crippen LogP contribution in [0.15, 0.2) is 42.6 Å². The van der Waals surface area contributed by atoms with Gasteiger partial charge in [0.05, 0.1) is 12.8 Å². The molecule has 4 heterocycles. The summed E-state index contributed by atoms with van der Waals surface area (Å²) in [7, 11) is 1.69. The molecule has 7 nitrogen and oxygen atoms in total. The van der Waals surface area contributed by atoms with Crippen molar-refractivity contribution in [1.29, 1.82) is 0 Å². The van der Waals surface area contributed by atoms with Gasteiger partial charge in [0, 0.05) is 56.1 Å². The van der Waals surface area contributed by atoms with Gasteiger partial charge in [-0.2, -0.15) is 0 Å². The maximum absolute atomic E-state index is 11.9. The number of carbonyl (C=O) groups is 1. The molecule has 0 bridgehead atoms. The van der Waals surface area contributed by atoms with Crippen molar-refractivity contribution >= 4 is 11.6 Å². The number of benzene rings is 1. The van der Waals surface area contributed by atoms with Crippen LogP contribution in [-0.4, -0.2) is 66.7 Å². The summed E-state index contributed by atoms with van der Waals surface area (Å²) in [5.74, 6) is 1.68. The number of likely N-dealkylation sites (tertiary alicyclic amines) is 1. The number of piperidine rings is 1. The Morgan fingerprint density at radius 3 is 2.88 bits per heavy atom. The lowest BCUT2D eigenvalue weighted by Gasteiger charge is -2.36. The largest absolute Gasteiger partial charge is 0.497 e. The molecule has 3 aliphatic rings. The fourth-order valence-corrected chi connectivity index (χ4v) is 4.96. The van der Waals surface area contributed by atoms with E-state index in [0.29, 0.717) is 12.6 Å². The standard InChI is InChI=1S/C25H30N4O3/c1-31-19-6-7-24-22(16-19)20(21-4-2-10-26-23(21)17-32-24)5-3-12-28-13-8-18(9-14-28)29-15-11-27-25(29)30/h2,4-7,10,16,18H,3,8-9,11-15,17H2,1H3,(H,27,30). The van der Waals surface area contributed by atoms with Gasteiger partial charge in [0.15, 0.2) is 0 Å². The van der Waals surface area contributed by atoms with Crippen molar-refractivity contribution in [3.63, 3.8) is 0 Å². The molecule has 2 amide bonds. The third-order valence-electron chi connectivity index (χ3n) is 6.70. The second kappa shape index (κ2) is 9.20. The Bertz CT molecular complexity index is 1010. The summed E-state index contributed by atoms with van der Waals surface area (Å²) < 4.78 is 11.5. The lowest BCUT2D eigenvalue weighted by molar-refractivity contribution is 0.137. The number of ether oxygens (including phenoxy) is 2. The van der Waals surface area contributed by atoms with E-state index in [4.69, 9.17) is 9.47 Å². The van der Waals surface area contributed by atoms with Gasteiger partial charge in [-0.05, 0) is 49.1 Å². The molecule has 5 rings (SSSR count). The van der Waals surface area contributed by atoms with Crippen LogP contribution < -0.4 is 14.8 Å². The topological polar surface area (TPSA) is 66.9 Å². The zero-order valence-electron chi connectivity index (χ0n) is 18.5. The van der Waals surface area contributed by atoms with E-state index in [2.05, 4.69) is 33.4 Å². The Kier molecular flexibility index (Phi) is 5.99. The van der Waals surface area contributed by atoms with Gasteiger partial charge in [-0.15, -0.1) is 0 Å². The molecule has 1 aromatic heterocycles. The molecular weight excluding hydrogens is 404 g/mol. The minimum atomic E-state index is 0.102. The molecule has 2 fully saturated rings. The molecule has 2 saturated heterocycles. The number of nitrogens with zero attached hydrogens (tertiary/aromatic N) is 3. The van der Waals surface area contributed by atoms with Gasteiger partial charge in [-0.1, -0.05) is 12.1 Å². The highest BCUT2D eigenvalue weighted by Gasteiger charge is 2.30. The Labute approximate surface area is 189 Å². The number of hydrogen-bond donors (Lipinski definition) is 1. The molecule has 7 heteroatoms. The maximum Gasteiger partial charge on any atom is 0.317 e. The molecule has 3 aliphatic heterocycles. The van der Waals surface area contributed by atoms with Gasteiger partial charge >= 0.3 is 6.03 Å². The van der Waals surface area contributed by atoms with E-state index >= 15 is 0 Å². The zero-order chi connectivity index (χ0) is 21.9. The van der Waals surface area contributed by atoms with Crippen LogP contribution in [-0.2, 0) is 6.61 Å². The lowest BCUT2D eigenvalue weighted by Crippen LogP contribution is -2.46. The van der Waals surface area contributed by atoms with Crippen molar-refractivity contribution < 1.29 is 14.3 Å². The van der Waals surface area contributed by atoms with Gasteiger partial charge in [0.2, 0.25) is 0 Å². The van der Waals surface area contributed by atoms with Crippen LogP contribution in [0.3, 0.4) is 0 Å². The van der Waals surface area contributed by atoms with Gasteiger partial charge in [-0.25, -0.2) is 4.79 Å². The van der Waals surface area contributed by atoms with Crippen molar-refractivity contribution in [3.8, 4) is 11.5 Å². The third-order valence-corrected chi connectivity index (χ3v) is 6.70. The molecule has 0 radical (unpaired) electrons. The molecule has 0 unspecified atom stereocenters. The van der Waals surface area contributed by atoms with E-state index in [-0.39, 0.29) is 6.03 Å². The predicted octanol–water partition coefficient (Wildman–Crippen LogP) is 3.29. The Morgan fingerprint density at radius 2 is 2.09 bits per heavy atom. The SMILES string of the molecule is COc1ccc2c(c1)C(=CCCN1CCC(N3CCNC3=O)CC1)c1cccnc1CO2. The number of methoxy groups -OCH3 is 1. The molecule has 32 heavy (non-hydrogen) atoms. The first kappa shape index (κ1) is 20.8. The highest BCUT2D eigenvalue weighted by molar-refractivity contribution is 5.85. The minimum Gasteiger partial charge on any atom is -0.497 e. The highest BCUT2D eigenvalue weighted by atomic mass is 16.5. The van der Waals surface area contributed by atoms with E-state index in [1.54, 1.807) is 7.11 Å². The van der Waals surface area contributed by atoms with Crippen LogP contribution in [0.25, 0.3) is 5.57 Å². The van der Waals surface area contributed by atoms with Gasteiger partial charge in [-0.3, -0.25) is 4.98 Å². The first-order chi connectivity index (χ1) is 15.7. The Morgan fingerprint density at radius 1 is 1.22 bits per heavy atom. The molecular formula is C25H30N4O3. The van der Waals surface area contributed by atoms with Crippen LogP contribution in [0.1, 0.15) is 36.1 Å². The summed E-state index contributed by atoms with van der Waals surface area (Å²) in [5.41, 5.74) is 4.29. The molecule has 0 aliphatic carbocycles. The van der Waals surface area contributed by atoms with Crippen molar-refractivity contribution in [3.05, 3.63) is 59.4 Å². The summed E-state index contributed by atoms with van der Waals surface area (Å²) >= 11 is 0. The Balaban J connectivity index is 1.30. The molecule has 1 N–H and O–H groups in total. The van der Waals surface area contributed by atoms with Crippen LogP contribution >= 0.6 is 0 Å². The molecule has 1 aromatic carbocycles. The van der Waals surface area contributed by atoms with Crippen molar-refractivity contribution in [2.45, 2.75) is 31.9 Å². The first-order valence-corrected chi connectivity index (χ1v) is 11.5. The van der Waals surface area contributed by atoms with Crippen molar-refractivity contribution in [1.82, 2.24) is 20.1 Å². The normalized spacial score (nSPS) is 20.3. The quantitative estimate of drug-likeness (QED) is 0.782. The fraction of sp³-hybridized carbons (Fsp3) is 0.440. The number of pyridine rings is 1. The second-order valence-electron chi connectivity index (χ2n) is 8.55. The smallest absolute Gasteiger partial charge is 0.317 e. The van der Waals surface area contributed by atoms with Crippen LogP contribution in [0, 0.1) is 0 Å². The van der Waals surface area contributed by atoms with Gasteiger partial charge < -0.3 is 24.6 Å². The van der Waals surface area contributed by atoms with E-state index < -0.39 is 0 Å². The summed E-state index contributed by atoms with van der Waals surface area (Å²) in [6.45, 7) is 5.14. The minimum absolute atomic E-state index is 0.102. The number of carbonyl (C=O) groups excluding carboxylic acids is 1. The van der Waals surface area contributed by atoms with Gasteiger partial charge in [0.1, 0.15) is 18.1 Å². The lowest BCUT2D eigenvalue weighted by atomic mass is 9.95. The number of fused-ring (bicyclic) bond motifs is 2. The first-order valence-electron chi connectivity index (χ1n) is 11.5. The Hall–Kier alpha value is -3.06. The average molecular weight is 435 g/mol. The summed E-state index contributed by atoms with van der Waals surface area (Å²) in [6, 6.07) is 10.6. The summed E-state index contributed by atoms with van der Waals surface area (Å²) in [5, 5.41) is 2.92. The average Bonchev–Trinajstić information content (AvgIpc) is 3.20. The van der Waals surface area contributed by atoms with Gasteiger partial charge in [0.25, 0.3) is 0 Å². The molecule has 168 valence electrons. The number of amides is 2. The maximum atomic E-state index is 11.9. The molecule has 0 saturated carbocycles. The zero-order valence-corrected chi connectivity index (χ0v) is 18.5. The van der Waals surface area contributed by atoms with Crippen LogP contribution in [0.5, 0.6) is 11.5 Å². The highest BCUT2D eigenvalue weighted by Crippen LogP contribution is 2.38. The number of hydrogen-bond acceptors (Lipinski definition) is 5. The molecule has 0 atom stereocenters. The van der Waals surface area contributed by atoms with Crippen molar-refractivity contribution in [2.24, 2.45) is 0 Å². The third kappa shape index (κ3) is 4.17. The monoisotopic (exact) mass is 434 g/mol. The van der Waals surface area contributed by atoms with E-state index in [0.717, 1.165) is 85.9 Å². The summed E-state index contributed by atoms with van der Waals surface area (Å²) in [4.78, 5) is 21.0. The van der Waals surface area contributed by atoms with E-state index in [9.17, 15) is 4.79 Å². The van der Waals surface area contributed by atoms with Crippen LogP contribution in [0.2, 0.25) is 0 Å².